The Balaban J connectivity index is 2.89. The fraction of sp³-hybridized carbons (Fsp3) is 0.364. The molecule has 0 saturated heterocycles. The van der Waals surface area contributed by atoms with Gasteiger partial charge in [-0.15, -0.1) is 0 Å². The number of aromatic amines is 1. The van der Waals surface area contributed by atoms with E-state index < -0.39 is 0 Å². The largest absolute Gasteiger partial charge is 0.275 e. The fourth-order valence-electron chi connectivity index (χ4n) is 1.80. The van der Waals surface area contributed by atoms with Crippen molar-refractivity contribution in [2.45, 2.75) is 26.2 Å². The maximum atomic E-state index is 13.5. The topological polar surface area (TPSA) is 28.7 Å². The van der Waals surface area contributed by atoms with Crippen LogP contribution in [0, 0.1) is 5.82 Å². The summed E-state index contributed by atoms with van der Waals surface area (Å²) in [6, 6.07) is 1.34. The molecule has 2 aromatic rings. The van der Waals surface area contributed by atoms with E-state index in [4.69, 9.17) is 11.6 Å². The molecule has 0 radical (unpaired) electrons. The van der Waals surface area contributed by atoms with Gasteiger partial charge in [0.05, 0.1) is 6.20 Å². The van der Waals surface area contributed by atoms with E-state index in [-0.39, 0.29) is 11.2 Å². The maximum Gasteiger partial charge on any atom is 0.150 e. The van der Waals surface area contributed by atoms with Crippen molar-refractivity contribution < 1.29 is 4.39 Å². The highest BCUT2D eigenvalue weighted by atomic mass is 35.5. The van der Waals surface area contributed by atoms with Gasteiger partial charge in [0.25, 0.3) is 0 Å². The average molecular weight is 227 g/mol. The van der Waals surface area contributed by atoms with Crippen LogP contribution < -0.4 is 0 Å². The van der Waals surface area contributed by atoms with E-state index in [1.165, 1.54) is 6.07 Å². The summed E-state index contributed by atoms with van der Waals surface area (Å²) in [7, 11) is 0. The van der Waals surface area contributed by atoms with Gasteiger partial charge in [0.2, 0.25) is 0 Å². The van der Waals surface area contributed by atoms with E-state index in [2.05, 4.69) is 10.2 Å². The van der Waals surface area contributed by atoms with Gasteiger partial charge >= 0.3 is 0 Å². The van der Waals surface area contributed by atoms with Crippen molar-refractivity contribution in [3.05, 3.63) is 28.7 Å². The second-order valence-electron chi connectivity index (χ2n) is 4.62. The molecule has 1 aromatic carbocycles. The summed E-state index contributed by atoms with van der Waals surface area (Å²) in [6.07, 6.45) is 1.62. The van der Waals surface area contributed by atoms with Gasteiger partial charge in [-0.1, -0.05) is 32.4 Å². The third-order valence-corrected chi connectivity index (χ3v) is 2.69. The van der Waals surface area contributed by atoms with Crippen LogP contribution in [0.25, 0.3) is 10.9 Å². The molecular weight excluding hydrogens is 215 g/mol. The van der Waals surface area contributed by atoms with E-state index in [9.17, 15) is 4.39 Å². The summed E-state index contributed by atoms with van der Waals surface area (Å²) in [4.78, 5) is 0. The third-order valence-electron chi connectivity index (χ3n) is 2.39. The van der Waals surface area contributed by atoms with Crippen molar-refractivity contribution >= 4 is 22.5 Å². The van der Waals surface area contributed by atoms with E-state index >= 15 is 0 Å². The first-order valence-corrected chi connectivity index (χ1v) is 5.10. The molecule has 0 unspecified atom stereocenters. The van der Waals surface area contributed by atoms with Crippen molar-refractivity contribution in [2.75, 3.05) is 0 Å². The monoisotopic (exact) mass is 226 g/mol. The number of nitrogens with zero attached hydrogens (tertiary/aromatic N) is 1. The van der Waals surface area contributed by atoms with Crippen LogP contribution in [0.15, 0.2) is 12.3 Å². The molecule has 0 aliphatic heterocycles. The molecule has 0 atom stereocenters. The molecule has 4 heteroatoms. The summed E-state index contributed by atoms with van der Waals surface area (Å²) in [6.45, 7) is 6.12. The number of benzene rings is 1. The average Bonchev–Trinajstić information content (AvgIpc) is 2.49. The first kappa shape index (κ1) is 10.4. The lowest BCUT2D eigenvalue weighted by Crippen LogP contribution is -2.12. The first-order chi connectivity index (χ1) is 6.91. The fourth-order valence-corrected chi connectivity index (χ4v) is 2.29. The van der Waals surface area contributed by atoms with Crippen molar-refractivity contribution in [3.8, 4) is 0 Å². The maximum absolute atomic E-state index is 13.5. The number of nitrogens with one attached hydrogen (secondary N) is 1. The number of hydrogen-bond donors (Lipinski definition) is 1. The number of aromatic nitrogens is 2. The minimum absolute atomic E-state index is 0.132. The summed E-state index contributed by atoms with van der Waals surface area (Å²) in [5, 5.41) is 7.71. The Hall–Kier alpha value is -1.09. The number of H-pyrrole nitrogens is 1. The SMILES string of the molecule is CC(C)(C)c1c(Cl)cc(F)c2[nH]ncc12. The highest BCUT2D eigenvalue weighted by Gasteiger charge is 2.23. The molecule has 1 heterocycles. The predicted octanol–water partition coefficient (Wildman–Crippen LogP) is 3.65. The van der Waals surface area contributed by atoms with Crippen LogP contribution in [-0.2, 0) is 5.41 Å². The second-order valence-corrected chi connectivity index (χ2v) is 5.03. The first-order valence-electron chi connectivity index (χ1n) is 4.73. The minimum atomic E-state index is -0.361. The van der Waals surface area contributed by atoms with E-state index in [0.29, 0.717) is 10.5 Å². The molecule has 15 heavy (non-hydrogen) atoms. The van der Waals surface area contributed by atoms with Gasteiger partial charge in [0, 0.05) is 10.4 Å². The third kappa shape index (κ3) is 1.61. The van der Waals surface area contributed by atoms with Gasteiger partial charge in [-0.25, -0.2) is 4.39 Å². The predicted molar refractivity (Wildman–Crippen MR) is 59.8 cm³/mol. The number of fused-ring (bicyclic) bond motifs is 1. The van der Waals surface area contributed by atoms with Crippen LogP contribution in [0.1, 0.15) is 26.3 Å². The molecule has 0 aliphatic rings. The zero-order chi connectivity index (χ0) is 11.2. The summed E-state index contributed by atoms with van der Waals surface area (Å²) >= 11 is 6.07. The standard InChI is InChI=1S/C11H12ClFN2/c1-11(2,3)9-6-5-14-15-10(6)8(13)4-7(9)12/h4-5H,1-3H3,(H,14,15). The molecule has 2 nitrogen and oxygen atoms in total. The van der Waals surface area contributed by atoms with Gasteiger partial charge in [-0.05, 0) is 17.0 Å². The number of hydrogen-bond acceptors (Lipinski definition) is 1. The Kier molecular flexibility index (Phi) is 2.23. The summed E-state index contributed by atoms with van der Waals surface area (Å²) < 4.78 is 13.5. The number of halogens is 2. The molecule has 1 aromatic heterocycles. The van der Waals surface area contributed by atoms with Crippen molar-refractivity contribution in [1.82, 2.24) is 10.2 Å². The van der Waals surface area contributed by atoms with Crippen molar-refractivity contribution in [2.24, 2.45) is 0 Å². The lowest BCUT2D eigenvalue weighted by molar-refractivity contribution is 0.592. The Morgan fingerprint density at radius 1 is 1.40 bits per heavy atom. The van der Waals surface area contributed by atoms with Crippen LogP contribution in [0.4, 0.5) is 4.39 Å². The van der Waals surface area contributed by atoms with Gasteiger partial charge in [0.15, 0.2) is 0 Å². The summed E-state index contributed by atoms with van der Waals surface area (Å²) in [5.41, 5.74) is 1.21. The van der Waals surface area contributed by atoms with E-state index in [0.717, 1.165) is 10.9 Å². The second kappa shape index (κ2) is 3.20. The smallest absolute Gasteiger partial charge is 0.150 e. The van der Waals surface area contributed by atoms with Gasteiger partial charge in [-0.2, -0.15) is 5.10 Å². The van der Waals surface area contributed by atoms with E-state index in [1.807, 2.05) is 20.8 Å². The quantitative estimate of drug-likeness (QED) is 0.730. The van der Waals surface area contributed by atoms with Gasteiger partial charge < -0.3 is 0 Å². The Labute approximate surface area is 92.4 Å². The number of rotatable bonds is 0. The van der Waals surface area contributed by atoms with E-state index in [1.54, 1.807) is 6.20 Å². The van der Waals surface area contributed by atoms with Crippen LogP contribution in [0.3, 0.4) is 0 Å². The Morgan fingerprint density at radius 2 is 2.07 bits per heavy atom. The minimum Gasteiger partial charge on any atom is -0.275 e. The lowest BCUT2D eigenvalue weighted by atomic mass is 9.85. The molecule has 2 rings (SSSR count). The van der Waals surface area contributed by atoms with Crippen molar-refractivity contribution in [3.63, 3.8) is 0 Å². The molecule has 80 valence electrons. The summed E-state index contributed by atoms with van der Waals surface area (Å²) in [5.74, 6) is -0.361. The van der Waals surface area contributed by atoms with Gasteiger partial charge in [-0.3, -0.25) is 5.10 Å². The van der Waals surface area contributed by atoms with Crippen LogP contribution in [0.5, 0.6) is 0 Å². The zero-order valence-corrected chi connectivity index (χ0v) is 9.61. The molecule has 0 saturated carbocycles. The lowest BCUT2D eigenvalue weighted by Gasteiger charge is -2.21. The molecule has 0 amide bonds. The van der Waals surface area contributed by atoms with Crippen molar-refractivity contribution in [1.29, 1.82) is 0 Å². The van der Waals surface area contributed by atoms with Gasteiger partial charge in [0.1, 0.15) is 11.3 Å². The zero-order valence-electron chi connectivity index (χ0n) is 8.86. The Bertz CT molecular complexity index is 511. The molecular formula is C11H12ClFN2. The Morgan fingerprint density at radius 3 is 2.67 bits per heavy atom. The highest BCUT2D eigenvalue weighted by molar-refractivity contribution is 6.32. The molecule has 0 spiro atoms. The molecule has 0 bridgehead atoms. The molecule has 1 N–H and O–H groups in total. The van der Waals surface area contributed by atoms with Crippen LogP contribution in [0.2, 0.25) is 5.02 Å². The van der Waals surface area contributed by atoms with Crippen LogP contribution >= 0.6 is 11.6 Å². The normalized spacial score (nSPS) is 12.3. The molecule has 0 aliphatic carbocycles. The highest BCUT2D eigenvalue weighted by Crippen LogP contribution is 2.36. The van der Waals surface area contributed by atoms with Crippen LogP contribution in [-0.4, -0.2) is 10.2 Å². The molecule has 0 fully saturated rings.